The SMILES string of the molecule is CC(C(=O)O)c1ccc(NC(=O)c2cccnc2Nc2ccc3ccncc3c2)cc1. The third kappa shape index (κ3) is 4.51. The Hall–Kier alpha value is -4.26. The molecule has 0 saturated carbocycles. The molecule has 1 unspecified atom stereocenters. The fourth-order valence-electron chi connectivity index (χ4n) is 3.18. The predicted molar refractivity (Wildman–Crippen MR) is 120 cm³/mol. The quantitative estimate of drug-likeness (QED) is 0.420. The van der Waals surface area contributed by atoms with Gasteiger partial charge in [-0.05, 0) is 60.3 Å². The summed E-state index contributed by atoms with van der Waals surface area (Å²) in [5.41, 5.74) is 2.41. The van der Waals surface area contributed by atoms with Gasteiger partial charge in [0, 0.05) is 35.4 Å². The molecule has 154 valence electrons. The number of carbonyl (C=O) groups is 2. The monoisotopic (exact) mass is 412 g/mol. The zero-order chi connectivity index (χ0) is 21.8. The number of hydrogen-bond donors (Lipinski definition) is 3. The van der Waals surface area contributed by atoms with Gasteiger partial charge in [0.15, 0.2) is 0 Å². The second kappa shape index (κ2) is 8.62. The number of aromatic nitrogens is 2. The van der Waals surface area contributed by atoms with Gasteiger partial charge in [-0.1, -0.05) is 18.2 Å². The van der Waals surface area contributed by atoms with Gasteiger partial charge in [-0.3, -0.25) is 14.6 Å². The molecule has 0 radical (unpaired) electrons. The van der Waals surface area contributed by atoms with E-state index in [4.69, 9.17) is 5.11 Å². The van der Waals surface area contributed by atoms with Gasteiger partial charge >= 0.3 is 5.97 Å². The molecule has 31 heavy (non-hydrogen) atoms. The van der Waals surface area contributed by atoms with Crippen LogP contribution in [-0.2, 0) is 4.79 Å². The first kappa shape index (κ1) is 20.0. The van der Waals surface area contributed by atoms with Crippen molar-refractivity contribution < 1.29 is 14.7 Å². The fraction of sp³-hybridized carbons (Fsp3) is 0.0833. The van der Waals surface area contributed by atoms with Crippen molar-refractivity contribution in [2.45, 2.75) is 12.8 Å². The summed E-state index contributed by atoms with van der Waals surface area (Å²) < 4.78 is 0. The van der Waals surface area contributed by atoms with Gasteiger partial charge in [-0.15, -0.1) is 0 Å². The predicted octanol–water partition coefficient (Wildman–Crippen LogP) is 4.81. The van der Waals surface area contributed by atoms with Crippen LogP contribution in [0.5, 0.6) is 0 Å². The summed E-state index contributed by atoms with van der Waals surface area (Å²) in [7, 11) is 0. The van der Waals surface area contributed by atoms with Crippen LogP contribution in [0.2, 0.25) is 0 Å². The Balaban J connectivity index is 1.53. The number of carboxylic acids is 1. The Morgan fingerprint density at radius 2 is 1.71 bits per heavy atom. The van der Waals surface area contributed by atoms with Crippen molar-refractivity contribution >= 4 is 39.8 Å². The van der Waals surface area contributed by atoms with E-state index in [1.54, 1.807) is 61.9 Å². The van der Waals surface area contributed by atoms with Crippen molar-refractivity contribution in [2.24, 2.45) is 0 Å². The van der Waals surface area contributed by atoms with Crippen LogP contribution < -0.4 is 10.6 Å². The maximum absolute atomic E-state index is 12.9. The summed E-state index contributed by atoms with van der Waals surface area (Å²) in [6.07, 6.45) is 5.14. The number of nitrogens with one attached hydrogen (secondary N) is 2. The average molecular weight is 412 g/mol. The number of nitrogens with zero attached hydrogens (tertiary/aromatic N) is 2. The number of benzene rings is 2. The van der Waals surface area contributed by atoms with Gasteiger partial charge in [-0.25, -0.2) is 4.98 Å². The molecule has 2 aromatic carbocycles. The van der Waals surface area contributed by atoms with Crippen molar-refractivity contribution in [3.63, 3.8) is 0 Å². The molecule has 2 aromatic heterocycles. The van der Waals surface area contributed by atoms with E-state index in [1.807, 2.05) is 24.3 Å². The highest BCUT2D eigenvalue weighted by Gasteiger charge is 2.15. The largest absolute Gasteiger partial charge is 0.481 e. The first-order valence-electron chi connectivity index (χ1n) is 9.71. The standard InChI is InChI=1S/C24H20N4O3/c1-15(24(30)31)16-4-7-19(8-5-16)28-23(29)21-3-2-11-26-22(21)27-20-9-6-17-10-12-25-14-18(17)13-20/h2-15H,1H3,(H,26,27)(H,28,29)(H,30,31). The van der Waals surface area contributed by atoms with Gasteiger partial charge in [-0.2, -0.15) is 0 Å². The molecule has 0 spiro atoms. The van der Waals surface area contributed by atoms with Crippen LogP contribution in [0, 0.1) is 0 Å². The summed E-state index contributed by atoms with van der Waals surface area (Å²) in [6.45, 7) is 1.62. The molecule has 4 rings (SSSR count). The number of amides is 1. The molecule has 0 saturated heterocycles. The van der Waals surface area contributed by atoms with E-state index in [2.05, 4.69) is 20.6 Å². The molecular formula is C24H20N4O3. The van der Waals surface area contributed by atoms with Gasteiger partial charge in [0.05, 0.1) is 11.5 Å². The van der Waals surface area contributed by atoms with E-state index >= 15 is 0 Å². The summed E-state index contributed by atoms with van der Waals surface area (Å²) in [5.74, 6) is -1.40. The van der Waals surface area contributed by atoms with Crippen molar-refractivity contribution in [2.75, 3.05) is 10.6 Å². The zero-order valence-corrected chi connectivity index (χ0v) is 16.7. The van der Waals surface area contributed by atoms with Crippen molar-refractivity contribution in [1.82, 2.24) is 9.97 Å². The molecule has 7 heteroatoms. The van der Waals surface area contributed by atoms with Crippen molar-refractivity contribution in [1.29, 1.82) is 0 Å². The molecule has 0 aliphatic heterocycles. The van der Waals surface area contributed by atoms with Gasteiger partial charge in [0.1, 0.15) is 5.82 Å². The Kier molecular flexibility index (Phi) is 5.57. The summed E-state index contributed by atoms with van der Waals surface area (Å²) >= 11 is 0. The van der Waals surface area contributed by atoms with Crippen LogP contribution in [0.3, 0.4) is 0 Å². The summed E-state index contributed by atoms with van der Waals surface area (Å²) in [4.78, 5) is 32.5. The van der Waals surface area contributed by atoms with E-state index in [0.717, 1.165) is 16.5 Å². The number of carbonyl (C=O) groups excluding carboxylic acids is 1. The highest BCUT2D eigenvalue weighted by atomic mass is 16.4. The van der Waals surface area contributed by atoms with E-state index in [0.29, 0.717) is 22.6 Å². The van der Waals surface area contributed by atoms with Crippen LogP contribution in [-0.4, -0.2) is 27.0 Å². The topological polar surface area (TPSA) is 104 Å². The number of carboxylic acid groups (broad SMARTS) is 1. The lowest BCUT2D eigenvalue weighted by Crippen LogP contribution is -2.15. The zero-order valence-electron chi connectivity index (χ0n) is 16.7. The summed E-state index contributed by atoms with van der Waals surface area (Å²) in [5, 5.41) is 17.2. The van der Waals surface area contributed by atoms with Crippen LogP contribution in [0.15, 0.2) is 79.3 Å². The Bertz CT molecular complexity index is 1260. The fourth-order valence-corrected chi connectivity index (χ4v) is 3.18. The van der Waals surface area contributed by atoms with Crippen molar-refractivity contribution in [3.05, 3.63) is 90.4 Å². The molecular weight excluding hydrogens is 392 g/mol. The van der Waals surface area contributed by atoms with Gasteiger partial charge in [0.2, 0.25) is 0 Å². The second-order valence-corrected chi connectivity index (χ2v) is 7.10. The first-order valence-corrected chi connectivity index (χ1v) is 9.71. The van der Waals surface area contributed by atoms with Crippen LogP contribution in [0.25, 0.3) is 10.8 Å². The molecule has 0 aliphatic carbocycles. The minimum atomic E-state index is -0.896. The molecule has 1 atom stereocenters. The van der Waals surface area contributed by atoms with Gasteiger partial charge in [0.25, 0.3) is 5.91 Å². The number of rotatable bonds is 6. The lowest BCUT2D eigenvalue weighted by Gasteiger charge is -2.12. The molecule has 2 heterocycles. The summed E-state index contributed by atoms with van der Waals surface area (Å²) in [6, 6.07) is 17.9. The number of fused-ring (bicyclic) bond motifs is 1. The normalized spacial score (nSPS) is 11.6. The second-order valence-electron chi connectivity index (χ2n) is 7.10. The highest BCUT2D eigenvalue weighted by Crippen LogP contribution is 2.24. The average Bonchev–Trinajstić information content (AvgIpc) is 2.79. The molecule has 1 amide bonds. The molecule has 0 aliphatic rings. The van der Waals surface area contributed by atoms with E-state index in [-0.39, 0.29) is 5.91 Å². The van der Waals surface area contributed by atoms with Crippen molar-refractivity contribution in [3.8, 4) is 0 Å². The minimum Gasteiger partial charge on any atom is -0.481 e. The third-order valence-electron chi connectivity index (χ3n) is 4.99. The number of anilines is 3. The molecule has 3 N–H and O–H groups in total. The lowest BCUT2D eigenvalue weighted by atomic mass is 10.0. The minimum absolute atomic E-state index is 0.322. The maximum atomic E-state index is 12.9. The Labute approximate surface area is 178 Å². The molecule has 0 fully saturated rings. The Morgan fingerprint density at radius 1 is 0.935 bits per heavy atom. The van der Waals surface area contributed by atoms with Crippen LogP contribution >= 0.6 is 0 Å². The van der Waals surface area contributed by atoms with Gasteiger partial charge < -0.3 is 15.7 Å². The van der Waals surface area contributed by atoms with E-state index in [9.17, 15) is 9.59 Å². The Morgan fingerprint density at radius 3 is 2.48 bits per heavy atom. The smallest absolute Gasteiger partial charge is 0.310 e. The number of aliphatic carboxylic acids is 1. The van der Waals surface area contributed by atoms with E-state index < -0.39 is 11.9 Å². The number of hydrogen-bond acceptors (Lipinski definition) is 5. The molecule has 4 aromatic rings. The molecule has 7 nitrogen and oxygen atoms in total. The van der Waals surface area contributed by atoms with Crippen LogP contribution in [0.4, 0.5) is 17.2 Å². The maximum Gasteiger partial charge on any atom is 0.310 e. The third-order valence-corrected chi connectivity index (χ3v) is 4.99. The number of pyridine rings is 2. The lowest BCUT2D eigenvalue weighted by molar-refractivity contribution is -0.138. The van der Waals surface area contributed by atoms with Crippen LogP contribution in [0.1, 0.15) is 28.8 Å². The highest BCUT2D eigenvalue weighted by molar-refractivity contribution is 6.08. The molecule has 0 bridgehead atoms. The van der Waals surface area contributed by atoms with E-state index in [1.165, 1.54) is 0 Å². The first-order chi connectivity index (χ1) is 15.0.